The van der Waals surface area contributed by atoms with Crippen molar-refractivity contribution in [1.82, 2.24) is 5.32 Å². The van der Waals surface area contributed by atoms with Crippen LogP contribution in [0.2, 0.25) is 0 Å². The van der Waals surface area contributed by atoms with Crippen molar-refractivity contribution in [2.45, 2.75) is 25.8 Å². The molecule has 0 aliphatic rings. The van der Waals surface area contributed by atoms with Crippen LogP contribution in [-0.4, -0.2) is 7.05 Å². The van der Waals surface area contributed by atoms with Crippen LogP contribution in [-0.2, 0) is 12.8 Å². The third-order valence-corrected chi connectivity index (χ3v) is 3.61. The molecule has 0 bridgehead atoms. The molecule has 1 atom stereocenters. The SMILES string of the molecule is CCc1ccc(C(Cc2cccs2)NC)o1. The molecule has 1 unspecified atom stereocenters. The number of likely N-dealkylation sites (N-methyl/N-ethyl adjacent to an activating group) is 1. The van der Waals surface area contributed by atoms with Gasteiger partial charge in [0.05, 0.1) is 6.04 Å². The van der Waals surface area contributed by atoms with Crippen LogP contribution in [0.4, 0.5) is 0 Å². The molecule has 0 aliphatic heterocycles. The van der Waals surface area contributed by atoms with Crippen LogP contribution in [0.15, 0.2) is 34.1 Å². The third-order valence-electron chi connectivity index (χ3n) is 2.71. The quantitative estimate of drug-likeness (QED) is 0.859. The van der Waals surface area contributed by atoms with Gasteiger partial charge in [0.1, 0.15) is 11.5 Å². The zero-order chi connectivity index (χ0) is 11.4. The van der Waals surface area contributed by atoms with Crippen molar-refractivity contribution in [3.63, 3.8) is 0 Å². The molecule has 0 saturated heterocycles. The zero-order valence-corrected chi connectivity index (χ0v) is 10.5. The second kappa shape index (κ2) is 5.32. The lowest BCUT2D eigenvalue weighted by atomic mass is 10.1. The fourth-order valence-electron chi connectivity index (χ4n) is 1.75. The van der Waals surface area contributed by atoms with E-state index >= 15 is 0 Å². The molecule has 1 N–H and O–H groups in total. The number of hydrogen-bond donors (Lipinski definition) is 1. The minimum absolute atomic E-state index is 0.277. The Bertz CT molecular complexity index is 419. The van der Waals surface area contributed by atoms with Gasteiger partial charge in [-0.15, -0.1) is 11.3 Å². The summed E-state index contributed by atoms with van der Waals surface area (Å²) in [5.41, 5.74) is 0. The van der Waals surface area contributed by atoms with Gasteiger partial charge in [0, 0.05) is 17.7 Å². The predicted molar refractivity (Wildman–Crippen MR) is 67.9 cm³/mol. The van der Waals surface area contributed by atoms with Crippen LogP contribution in [0.3, 0.4) is 0 Å². The van der Waals surface area contributed by atoms with Gasteiger partial charge in [0.15, 0.2) is 0 Å². The van der Waals surface area contributed by atoms with Gasteiger partial charge in [0.2, 0.25) is 0 Å². The van der Waals surface area contributed by atoms with Crippen LogP contribution < -0.4 is 5.32 Å². The highest BCUT2D eigenvalue weighted by Gasteiger charge is 2.14. The van der Waals surface area contributed by atoms with Crippen molar-refractivity contribution >= 4 is 11.3 Å². The Morgan fingerprint density at radius 3 is 2.81 bits per heavy atom. The van der Waals surface area contributed by atoms with E-state index in [1.54, 1.807) is 11.3 Å². The van der Waals surface area contributed by atoms with Crippen LogP contribution in [0.5, 0.6) is 0 Å². The minimum Gasteiger partial charge on any atom is -0.464 e. The maximum absolute atomic E-state index is 5.78. The highest BCUT2D eigenvalue weighted by Crippen LogP contribution is 2.22. The molecule has 0 radical (unpaired) electrons. The zero-order valence-electron chi connectivity index (χ0n) is 9.69. The molecule has 16 heavy (non-hydrogen) atoms. The summed E-state index contributed by atoms with van der Waals surface area (Å²) in [6.07, 6.45) is 1.94. The molecular weight excluding hydrogens is 218 g/mol. The van der Waals surface area contributed by atoms with E-state index in [2.05, 4.69) is 41.9 Å². The Kier molecular flexibility index (Phi) is 3.80. The summed E-state index contributed by atoms with van der Waals surface area (Å²) >= 11 is 1.79. The highest BCUT2D eigenvalue weighted by molar-refractivity contribution is 7.09. The Labute approximate surface area is 100 Å². The number of hydrogen-bond acceptors (Lipinski definition) is 3. The van der Waals surface area contributed by atoms with E-state index < -0.39 is 0 Å². The monoisotopic (exact) mass is 235 g/mol. The normalized spacial score (nSPS) is 12.9. The van der Waals surface area contributed by atoms with Crippen molar-refractivity contribution in [2.75, 3.05) is 7.05 Å². The fourth-order valence-corrected chi connectivity index (χ4v) is 2.50. The molecule has 2 rings (SSSR count). The van der Waals surface area contributed by atoms with Crippen molar-refractivity contribution in [3.8, 4) is 0 Å². The smallest absolute Gasteiger partial charge is 0.121 e. The Balaban J connectivity index is 2.10. The first-order valence-electron chi connectivity index (χ1n) is 5.61. The Morgan fingerprint density at radius 2 is 2.25 bits per heavy atom. The first kappa shape index (κ1) is 11.4. The van der Waals surface area contributed by atoms with E-state index in [1.807, 2.05) is 7.05 Å². The fraction of sp³-hybridized carbons (Fsp3) is 0.385. The molecule has 86 valence electrons. The number of furan rings is 1. The van der Waals surface area contributed by atoms with Gasteiger partial charge >= 0.3 is 0 Å². The predicted octanol–water partition coefficient (Wildman–Crippen LogP) is 3.41. The number of nitrogens with one attached hydrogen (secondary N) is 1. The summed E-state index contributed by atoms with van der Waals surface area (Å²) in [5, 5.41) is 5.42. The summed E-state index contributed by atoms with van der Waals surface area (Å²) in [6, 6.07) is 8.67. The molecule has 0 amide bonds. The largest absolute Gasteiger partial charge is 0.464 e. The Morgan fingerprint density at radius 1 is 1.38 bits per heavy atom. The summed E-state index contributed by atoms with van der Waals surface area (Å²) < 4.78 is 5.78. The molecule has 2 aromatic heterocycles. The molecule has 0 aliphatic carbocycles. The lowest BCUT2D eigenvalue weighted by molar-refractivity contribution is 0.408. The van der Waals surface area contributed by atoms with Crippen molar-refractivity contribution in [1.29, 1.82) is 0 Å². The van der Waals surface area contributed by atoms with Gasteiger partial charge in [-0.3, -0.25) is 0 Å². The molecule has 0 saturated carbocycles. The second-order valence-corrected chi connectivity index (χ2v) is 4.81. The Hall–Kier alpha value is -1.06. The summed E-state index contributed by atoms with van der Waals surface area (Å²) in [7, 11) is 1.98. The van der Waals surface area contributed by atoms with E-state index in [0.717, 1.165) is 24.4 Å². The van der Waals surface area contributed by atoms with Crippen molar-refractivity contribution < 1.29 is 4.42 Å². The minimum atomic E-state index is 0.277. The summed E-state index contributed by atoms with van der Waals surface area (Å²) in [5.74, 6) is 2.09. The molecule has 0 spiro atoms. The maximum Gasteiger partial charge on any atom is 0.121 e. The van der Waals surface area contributed by atoms with E-state index in [9.17, 15) is 0 Å². The van der Waals surface area contributed by atoms with Gasteiger partial charge in [-0.2, -0.15) is 0 Å². The molecule has 3 heteroatoms. The maximum atomic E-state index is 5.78. The van der Waals surface area contributed by atoms with Crippen LogP contribution in [0, 0.1) is 0 Å². The molecule has 2 nitrogen and oxygen atoms in total. The lowest BCUT2D eigenvalue weighted by Crippen LogP contribution is -2.17. The molecular formula is C13H17NOS. The van der Waals surface area contributed by atoms with E-state index in [4.69, 9.17) is 4.42 Å². The van der Waals surface area contributed by atoms with Crippen LogP contribution in [0.1, 0.15) is 29.4 Å². The van der Waals surface area contributed by atoms with Crippen LogP contribution in [0.25, 0.3) is 0 Å². The third kappa shape index (κ3) is 2.54. The molecule has 2 aromatic rings. The standard InChI is InChI=1S/C13H17NOS/c1-3-10-6-7-13(15-10)12(14-2)9-11-5-4-8-16-11/h4-8,12,14H,3,9H2,1-2H3. The van der Waals surface area contributed by atoms with Gasteiger partial charge in [-0.1, -0.05) is 13.0 Å². The average Bonchev–Trinajstić information content (AvgIpc) is 2.96. The molecule has 0 fully saturated rings. The first-order chi connectivity index (χ1) is 7.83. The van der Waals surface area contributed by atoms with Gasteiger partial charge < -0.3 is 9.73 Å². The van der Waals surface area contributed by atoms with E-state index in [1.165, 1.54) is 4.88 Å². The van der Waals surface area contributed by atoms with E-state index in [-0.39, 0.29) is 6.04 Å². The summed E-state index contributed by atoms with van der Waals surface area (Å²) in [4.78, 5) is 1.38. The second-order valence-electron chi connectivity index (χ2n) is 3.78. The number of aryl methyl sites for hydroxylation is 1. The van der Waals surface area contributed by atoms with Gasteiger partial charge in [-0.05, 0) is 30.6 Å². The van der Waals surface area contributed by atoms with Gasteiger partial charge in [-0.25, -0.2) is 0 Å². The number of rotatable bonds is 5. The molecule has 0 aromatic carbocycles. The highest BCUT2D eigenvalue weighted by atomic mass is 32.1. The van der Waals surface area contributed by atoms with E-state index in [0.29, 0.717) is 0 Å². The van der Waals surface area contributed by atoms with Gasteiger partial charge in [0.25, 0.3) is 0 Å². The summed E-state index contributed by atoms with van der Waals surface area (Å²) in [6.45, 7) is 2.11. The van der Waals surface area contributed by atoms with Crippen molar-refractivity contribution in [2.24, 2.45) is 0 Å². The topological polar surface area (TPSA) is 25.2 Å². The number of thiophene rings is 1. The van der Waals surface area contributed by atoms with Crippen molar-refractivity contribution in [3.05, 3.63) is 46.0 Å². The first-order valence-corrected chi connectivity index (χ1v) is 6.49. The lowest BCUT2D eigenvalue weighted by Gasteiger charge is -2.12. The average molecular weight is 235 g/mol. The van der Waals surface area contributed by atoms with Crippen LogP contribution >= 0.6 is 11.3 Å². The molecule has 2 heterocycles.